The average Bonchev–Trinajstić information content (AvgIpc) is 3.34. The lowest BCUT2D eigenvalue weighted by atomic mass is 10.1. The summed E-state index contributed by atoms with van der Waals surface area (Å²) >= 11 is 0. The Morgan fingerprint density at radius 1 is 0.839 bits per heavy atom. The lowest BCUT2D eigenvalue weighted by molar-refractivity contribution is 0.0332. The second-order valence-corrected chi connectivity index (χ2v) is 9.36. The average molecular weight is 426 g/mol. The van der Waals surface area contributed by atoms with Crippen LogP contribution >= 0.6 is 7.92 Å². The lowest BCUT2D eigenvalue weighted by Crippen LogP contribution is -2.26. The van der Waals surface area contributed by atoms with Crippen molar-refractivity contribution in [1.82, 2.24) is 0 Å². The van der Waals surface area contributed by atoms with Gasteiger partial charge in [0.15, 0.2) is 6.10 Å². The highest BCUT2D eigenvalue weighted by atomic mass is 31.1. The zero-order valence-electron chi connectivity index (χ0n) is 17.3. The van der Waals surface area contributed by atoms with Crippen LogP contribution in [0.2, 0.25) is 0 Å². The molecule has 31 heavy (non-hydrogen) atoms. The summed E-state index contributed by atoms with van der Waals surface area (Å²) in [4.78, 5) is 13.3. The third-order valence-electron chi connectivity index (χ3n) is 4.87. The van der Waals surface area contributed by atoms with Crippen LogP contribution in [0.15, 0.2) is 120 Å². The number of ether oxygens (including phenoxy) is 1. The van der Waals surface area contributed by atoms with Crippen LogP contribution in [0.5, 0.6) is 0 Å². The van der Waals surface area contributed by atoms with E-state index < -0.39 is 14.0 Å². The first-order valence-electron chi connectivity index (χ1n) is 10.0. The van der Waals surface area contributed by atoms with Crippen LogP contribution in [0.3, 0.4) is 0 Å². The molecule has 1 atom stereocenters. The molecule has 0 aliphatic carbocycles. The molecule has 0 N–H and O–H groups in total. The van der Waals surface area contributed by atoms with Gasteiger partial charge >= 0.3 is 5.97 Å². The van der Waals surface area contributed by atoms with Gasteiger partial charge in [0.2, 0.25) is 0 Å². The minimum Gasteiger partial charge on any atom is -0.465 e. The first-order chi connectivity index (χ1) is 15.1. The van der Waals surface area contributed by atoms with Crippen LogP contribution in [0.1, 0.15) is 29.1 Å². The Morgan fingerprint density at radius 3 is 1.97 bits per heavy atom. The number of hydrogen-bond acceptors (Lipinski definition) is 3. The third-order valence-corrected chi connectivity index (χ3v) is 7.37. The highest BCUT2D eigenvalue weighted by molar-refractivity contribution is 7.80. The van der Waals surface area contributed by atoms with Gasteiger partial charge in [0.1, 0.15) is 5.76 Å². The van der Waals surface area contributed by atoms with E-state index in [9.17, 15) is 4.79 Å². The fourth-order valence-corrected chi connectivity index (χ4v) is 5.87. The first-order valence-corrected chi connectivity index (χ1v) is 11.4. The number of carbonyl (C=O) groups is 1. The second kappa shape index (κ2) is 9.59. The van der Waals surface area contributed by atoms with Gasteiger partial charge in [-0.1, -0.05) is 85.4 Å². The summed E-state index contributed by atoms with van der Waals surface area (Å²) in [6, 6.07) is 31.8. The van der Waals surface area contributed by atoms with E-state index in [1.165, 1.54) is 10.6 Å². The van der Waals surface area contributed by atoms with Crippen LogP contribution in [0.4, 0.5) is 0 Å². The van der Waals surface area contributed by atoms with Gasteiger partial charge in [-0.3, -0.25) is 0 Å². The van der Waals surface area contributed by atoms with Gasteiger partial charge in [-0.25, -0.2) is 4.79 Å². The molecular weight excluding hydrogens is 403 g/mol. The van der Waals surface area contributed by atoms with Gasteiger partial charge in [0, 0.05) is 0 Å². The van der Waals surface area contributed by atoms with E-state index in [1.54, 1.807) is 18.4 Å². The number of esters is 1. The summed E-state index contributed by atoms with van der Waals surface area (Å²) in [7, 11) is -0.931. The molecule has 4 heteroatoms. The molecule has 1 aromatic heterocycles. The van der Waals surface area contributed by atoms with E-state index >= 15 is 0 Å². The molecule has 0 bridgehead atoms. The van der Waals surface area contributed by atoms with E-state index in [0.717, 1.165) is 5.30 Å². The Hall–Kier alpha value is -3.42. The van der Waals surface area contributed by atoms with Crippen molar-refractivity contribution in [2.45, 2.75) is 13.0 Å². The first kappa shape index (κ1) is 20.8. The van der Waals surface area contributed by atoms with Crippen LogP contribution in [0.25, 0.3) is 0 Å². The predicted molar refractivity (Wildman–Crippen MR) is 127 cm³/mol. The van der Waals surface area contributed by atoms with E-state index in [0.29, 0.717) is 16.9 Å². The van der Waals surface area contributed by atoms with Gasteiger partial charge in [-0.05, 0) is 54.5 Å². The summed E-state index contributed by atoms with van der Waals surface area (Å²) in [5.41, 5.74) is 1.26. The number of furan rings is 1. The van der Waals surface area contributed by atoms with Crippen molar-refractivity contribution in [3.8, 4) is 0 Å². The molecule has 0 aliphatic rings. The van der Waals surface area contributed by atoms with Crippen molar-refractivity contribution < 1.29 is 13.9 Å². The molecule has 1 unspecified atom stereocenters. The van der Waals surface area contributed by atoms with Crippen LogP contribution in [-0.2, 0) is 4.74 Å². The second-order valence-electron chi connectivity index (χ2n) is 7.17. The number of benzene rings is 3. The Labute approximate surface area is 183 Å². The minimum atomic E-state index is -0.931. The lowest BCUT2D eigenvalue weighted by Gasteiger charge is -2.23. The summed E-state index contributed by atoms with van der Waals surface area (Å²) in [6.07, 6.45) is 0.937. The standard InChI is InChI=1S/C27H23O3P/c1-20(2)26(24-17-11-19-29-24)30-27(28)23-16-9-10-18-25(23)31(21-12-5-3-6-13-21)22-14-7-4-8-15-22/h3-19,26H,1H2,2H3. The Balaban J connectivity index is 1.76. The zero-order valence-corrected chi connectivity index (χ0v) is 18.2. The summed E-state index contributed by atoms with van der Waals surface area (Å²) in [5.74, 6) is 0.172. The van der Waals surface area contributed by atoms with Crippen molar-refractivity contribution in [2.75, 3.05) is 0 Å². The highest BCUT2D eigenvalue weighted by Gasteiger charge is 2.26. The van der Waals surface area contributed by atoms with Gasteiger partial charge < -0.3 is 9.15 Å². The van der Waals surface area contributed by atoms with Gasteiger partial charge in [0.25, 0.3) is 0 Å². The molecule has 154 valence electrons. The largest absolute Gasteiger partial charge is 0.465 e. The van der Waals surface area contributed by atoms with Crippen LogP contribution < -0.4 is 15.9 Å². The monoisotopic (exact) mass is 426 g/mol. The molecule has 1 heterocycles. The smallest absolute Gasteiger partial charge is 0.339 e. The SMILES string of the molecule is C=C(C)C(OC(=O)c1ccccc1P(c1ccccc1)c1ccccc1)c1ccco1. The molecule has 0 saturated carbocycles. The van der Waals surface area contributed by atoms with Gasteiger partial charge in [-0.15, -0.1) is 0 Å². The maximum atomic E-state index is 13.3. The van der Waals surface area contributed by atoms with E-state index in [-0.39, 0.29) is 5.97 Å². The fraction of sp³-hybridized carbons (Fsp3) is 0.0741. The van der Waals surface area contributed by atoms with Crippen LogP contribution in [-0.4, -0.2) is 5.97 Å². The molecule has 0 saturated heterocycles. The molecule has 4 aromatic rings. The maximum Gasteiger partial charge on any atom is 0.339 e. The van der Waals surface area contributed by atoms with Crippen molar-refractivity contribution in [1.29, 1.82) is 0 Å². The molecule has 0 spiro atoms. The quantitative estimate of drug-likeness (QED) is 0.222. The Kier molecular flexibility index (Phi) is 6.45. The van der Waals surface area contributed by atoms with Gasteiger partial charge in [0.05, 0.1) is 11.8 Å². The number of hydrogen-bond donors (Lipinski definition) is 0. The normalized spacial score (nSPS) is 11.8. The van der Waals surface area contributed by atoms with Crippen LogP contribution in [0, 0.1) is 0 Å². The Bertz CT molecular complexity index is 1110. The maximum absolute atomic E-state index is 13.3. The van der Waals surface area contributed by atoms with Crippen molar-refractivity contribution in [3.05, 3.63) is 127 Å². The van der Waals surface area contributed by atoms with E-state index in [2.05, 4.69) is 30.8 Å². The van der Waals surface area contributed by atoms with Crippen molar-refractivity contribution >= 4 is 29.8 Å². The molecular formula is C27H23O3P. The van der Waals surface area contributed by atoms with Gasteiger partial charge in [-0.2, -0.15) is 0 Å². The highest BCUT2D eigenvalue weighted by Crippen LogP contribution is 2.35. The number of rotatable bonds is 7. The zero-order chi connectivity index (χ0) is 21.6. The molecule has 3 aromatic carbocycles. The Morgan fingerprint density at radius 2 is 1.42 bits per heavy atom. The van der Waals surface area contributed by atoms with Crippen molar-refractivity contribution in [2.24, 2.45) is 0 Å². The van der Waals surface area contributed by atoms with Crippen molar-refractivity contribution in [3.63, 3.8) is 0 Å². The molecule has 0 aliphatic heterocycles. The molecule has 0 fully saturated rings. The predicted octanol–water partition coefficient (Wildman–Crippen LogP) is 5.51. The molecule has 0 amide bonds. The summed E-state index contributed by atoms with van der Waals surface area (Å²) in [6.45, 7) is 5.80. The minimum absolute atomic E-state index is 0.389. The van der Waals surface area contributed by atoms with E-state index in [1.807, 2.05) is 67.6 Å². The molecule has 0 radical (unpaired) electrons. The van der Waals surface area contributed by atoms with E-state index in [4.69, 9.17) is 9.15 Å². The third kappa shape index (κ3) is 4.68. The summed E-state index contributed by atoms with van der Waals surface area (Å²) in [5, 5.41) is 3.30. The molecule has 4 rings (SSSR count). The number of carbonyl (C=O) groups excluding carboxylic acids is 1. The topological polar surface area (TPSA) is 39.4 Å². The summed E-state index contributed by atoms with van der Waals surface area (Å²) < 4.78 is 11.4. The molecule has 3 nitrogen and oxygen atoms in total. The fourth-order valence-electron chi connectivity index (χ4n) is 3.44.